The highest BCUT2D eigenvalue weighted by molar-refractivity contribution is 7.93. The molecular weight excluding hydrogens is 141 g/mol. The van der Waals surface area contributed by atoms with E-state index in [-0.39, 0.29) is 0 Å². The smallest absolute Gasteiger partial charge is 0.273 e. The van der Waals surface area contributed by atoms with Crippen molar-refractivity contribution >= 4 is 12.0 Å². The Balaban J connectivity index is 3.17. The molecule has 0 fully saturated rings. The number of halogens is 3. The Kier molecular flexibility index (Phi) is 4.08. The zero-order valence-corrected chi connectivity index (χ0v) is 4.92. The molecule has 0 radical (unpaired) electrons. The standard InChI is InChI=1S/C3H5F3OS/c1-8-7-3(6)2(4)5/h2-3H,1H3. The van der Waals surface area contributed by atoms with Gasteiger partial charge in [0, 0.05) is 6.26 Å². The predicted octanol–water partition coefficient (Wildman–Crippen LogP) is 1.84. The van der Waals surface area contributed by atoms with Gasteiger partial charge in [-0.25, -0.2) is 13.2 Å². The van der Waals surface area contributed by atoms with E-state index in [1.54, 1.807) is 0 Å². The Morgan fingerprint density at radius 2 is 1.88 bits per heavy atom. The summed E-state index contributed by atoms with van der Waals surface area (Å²) in [5.74, 6) is 0. The Hall–Kier alpha value is 0.100. The molecule has 0 rings (SSSR count). The molecule has 0 spiro atoms. The summed E-state index contributed by atoms with van der Waals surface area (Å²) in [6.45, 7) is 0. The summed E-state index contributed by atoms with van der Waals surface area (Å²) in [6, 6.07) is 0. The SMILES string of the molecule is CSOC(F)C(F)F. The molecule has 0 aliphatic rings. The van der Waals surface area contributed by atoms with Gasteiger partial charge in [-0.3, -0.25) is 4.18 Å². The van der Waals surface area contributed by atoms with Crippen LogP contribution in [0.2, 0.25) is 0 Å². The summed E-state index contributed by atoms with van der Waals surface area (Å²) in [6.07, 6.45) is -4.12. The molecule has 5 heteroatoms. The maximum Gasteiger partial charge on any atom is 0.294 e. The molecule has 1 atom stereocenters. The van der Waals surface area contributed by atoms with E-state index in [1.807, 2.05) is 0 Å². The second-order valence-corrected chi connectivity index (χ2v) is 1.47. The highest BCUT2D eigenvalue weighted by atomic mass is 32.2. The molecule has 0 bridgehead atoms. The van der Waals surface area contributed by atoms with Crippen molar-refractivity contribution in [2.45, 2.75) is 12.8 Å². The number of alkyl halides is 3. The topological polar surface area (TPSA) is 9.23 Å². The van der Waals surface area contributed by atoms with Crippen LogP contribution in [-0.4, -0.2) is 19.0 Å². The minimum atomic E-state index is -3.04. The van der Waals surface area contributed by atoms with Gasteiger partial charge in [0.25, 0.3) is 12.8 Å². The summed E-state index contributed by atoms with van der Waals surface area (Å²) < 4.78 is 37.5. The first-order valence-corrected chi connectivity index (χ1v) is 2.95. The van der Waals surface area contributed by atoms with Crippen LogP contribution in [-0.2, 0) is 4.18 Å². The summed E-state index contributed by atoms with van der Waals surface area (Å²) in [4.78, 5) is 0. The van der Waals surface area contributed by atoms with Crippen molar-refractivity contribution in [2.24, 2.45) is 0 Å². The van der Waals surface area contributed by atoms with Gasteiger partial charge in [-0.05, 0) is 12.0 Å². The van der Waals surface area contributed by atoms with Crippen LogP contribution in [0.1, 0.15) is 0 Å². The number of hydrogen-bond acceptors (Lipinski definition) is 2. The molecule has 0 aromatic heterocycles. The fourth-order valence-corrected chi connectivity index (χ4v) is 0.402. The molecule has 0 aromatic carbocycles. The third-order valence-electron chi connectivity index (χ3n) is 0.386. The van der Waals surface area contributed by atoms with E-state index in [9.17, 15) is 13.2 Å². The molecule has 50 valence electrons. The summed E-state index contributed by atoms with van der Waals surface area (Å²) in [7, 11) is 0. The van der Waals surface area contributed by atoms with Crippen LogP contribution in [0.25, 0.3) is 0 Å². The Morgan fingerprint density at radius 3 is 2.00 bits per heavy atom. The first-order chi connectivity index (χ1) is 3.68. The van der Waals surface area contributed by atoms with Gasteiger partial charge in [-0.2, -0.15) is 0 Å². The first-order valence-electron chi connectivity index (χ1n) is 1.80. The Morgan fingerprint density at radius 1 is 1.38 bits per heavy atom. The second-order valence-electron chi connectivity index (χ2n) is 0.949. The van der Waals surface area contributed by atoms with Crippen LogP contribution < -0.4 is 0 Å². The minimum absolute atomic E-state index is 0.583. The highest BCUT2D eigenvalue weighted by Crippen LogP contribution is 2.11. The van der Waals surface area contributed by atoms with Gasteiger partial charge in [-0.1, -0.05) is 0 Å². The van der Waals surface area contributed by atoms with Gasteiger partial charge < -0.3 is 0 Å². The monoisotopic (exact) mass is 146 g/mol. The number of hydrogen-bond donors (Lipinski definition) is 0. The second kappa shape index (κ2) is 4.03. The van der Waals surface area contributed by atoms with Gasteiger partial charge >= 0.3 is 0 Å². The average Bonchev–Trinajstić information content (AvgIpc) is 1.67. The molecule has 8 heavy (non-hydrogen) atoms. The summed E-state index contributed by atoms with van der Waals surface area (Å²) in [5.41, 5.74) is 0. The van der Waals surface area contributed by atoms with E-state index < -0.39 is 12.8 Å². The lowest BCUT2D eigenvalue weighted by Crippen LogP contribution is -2.11. The van der Waals surface area contributed by atoms with E-state index in [4.69, 9.17) is 0 Å². The van der Waals surface area contributed by atoms with Crippen molar-refractivity contribution in [1.29, 1.82) is 0 Å². The zero-order chi connectivity index (χ0) is 6.57. The van der Waals surface area contributed by atoms with Gasteiger partial charge in [0.15, 0.2) is 0 Å². The average molecular weight is 146 g/mol. The third-order valence-corrected chi connectivity index (χ3v) is 0.763. The van der Waals surface area contributed by atoms with Crippen molar-refractivity contribution in [3.05, 3.63) is 0 Å². The summed E-state index contributed by atoms with van der Waals surface area (Å²) >= 11 is 0.583. The molecule has 0 N–H and O–H groups in total. The quantitative estimate of drug-likeness (QED) is 0.562. The van der Waals surface area contributed by atoms with Gasteiger partial charge in [0.05, 0.1) is 0 Å². The lowest BCUT2D eigenvalue weighted by atomic mass is 10.7. The van der Waals surface area contributed by atoms with E-state index in [0.29, 0.717) is 12.0 Å². The highest BCUT2D eigenvalue weighted by Gasteiger charge is 2.18. The Bertz CT molecular complexity index is 60.5. The number of rotatable bonds is 3. The summed E-state index contributed by atoms with van der Waals surface area (Å²) in [5, 5.41) is 0. The normalized spacial score (nSPS) is 14.6. The predicted molar refractivity (Wildman–Crippen MR) is 25.5 cm³/mol. The molecule has 0 aliphatic carbocycles. The lowest BCUT2D eigenvalue weighted by molar-refractivity contribution is -0.0560. The molecule has 0 aliphatic heterocycles. The van der Waals surface area contributed by atoms with Gasteiger partial charge in [0.2, 0.25) is 0 Å². The maximum absolute atomic E-state index is 11.5. The third kappa shape index (κ3) is 3.15. The minimum Gasteiger partial charge on any atom is -0.273 e. The van der Waals surface area contributed by atoms with Crippen LogP contribution >= 0.6 is 12.0 Å². The van der Waals surface area contributed by atoms with Crippen LogP contribution in [0, 0.1) is 0 Å². The fourth-order valence-electron chi connectivity index (χ4n) is 0.134. The van der Waals surface area contributed by atoms with E-state index in [0.717, 1.165) is 0 Å². The van der Waals surface area contributed by atoms with Crippen molar-refractivity contribution in [3.63, 3.8) is 0 Å². The molecule has 0 saturated carbocycles. The Labute approximate surface area is 49.4 Å². The molecule has 0 saturated heterocycles. The van der Waals surface area contributed by atoms with Crippen molar-refractivity contribution in [3.8, 4) is 0 Å². The van der Waals surface area contributed by atoms with Crippen LogP contribution in [0.4, 0.5) is 13.2 Å². The molecular formula is C3H5F3OS. The molecule has 1 unspecified atom stereocenters. The molecule has 0 amide bonds. The van der Waals surface area contributed by atoms with Crippen LogP contribution in [0.5, 0.6) is 0 Å². The zero-order valence-electron chi connectivity index (χ0n) is 4.11. The molecule has 0 heterocycles. The van der Waals surface area contributed by atoms with Crippen molar-refractivity contribution < 1.29 is 17.4 Å². The lowest BCUT2D eigenvalue weighted by Gasteiger charge is -2.02. The molecule has 0 aromatic rings. The first kappa shape index (κ1) is 8.10. The van der Waals surface area contributed by atoms with Gasteiger partial charge in [-0.15, -0.1) is 0 Å². The van der Waals surface area contributed by atoms with Crippen LogP contribution in [0.3, 0.4) is 0 Å². The van der Waals surface area contributed by atoms with Crippen LogP contribution in [0.15, 0.2) is 0 Å². The fraction of sp³-hybridized carbons (Fsp3) is 1.00. The molecule has 1 nitrogen and oxygen atoms in total. The van der Waals surface area contributed by atoms with E-state index >= 15 is 0 Å². The maximum atomic E-state index is 11.5. The van der Waals surface area contributed by atoms with E-state index in [2.05, 4.69) is 4.18 Å². The largest absolute Gasteiger partial charge is 0.294 e. The van der Waals surface area contributed by atoms with Gasteiger partial charge in [0.1, 0.15) is 0 Å². The van der Waals surface area contributed by atoms with Crippen molar-refractivity contribution in [1.82, 2.24) is 0 Å². The van der Waals surface area contributed by atoms with E-state index in [1.165, 1.54) is 6.26 Å². The van der Waals surface area contributed by atoms with Crippen molar-refractivity contribution in [2.75, 3.05) is 6.26 Å².